The third-order valence-electron chi connectivity index (χ3n) is 2.64. The van der Waals surface area contributed by atoms with Gasteiger partial charge in [-0.25, -0.2) is 0 Å². The van der Waals surface area contributed by atoms with Crippen LogP contribution in [0.15, 0.2) is 48.8 Å². The van der Waals surface area contributed by atoms with Gasteiger partial charge in [0.05, 0.1) is 12.2 Å². The van der Waals surface area contributed by atoms with Gasteiger partial charge in [-0.2, -0.15) is 0 Å². The summed E-state index contributed by atoms with van der Waals surface area (Å²) < 4.78 is 5.54. The van der Waals surface area contributed by atoms with Gasteiger partial charge in [0.1, 0.15) is 5.75 Å². The highest BCUT2D eigenvalue weighted by Gasteiger charge is 2.11. The lowest BCUT2D eigenvalue weighted by atomic mass is 10.2. The van der Waals surface area contributed by atoms with Crippen molar-refractivity contribution in [2.45, 2.75) is 6.54 Å². The van der Waals surface area contributed by atoms with Crippen LogP contribution in [0.25, 0.3) is 0 Å². The standard InChI is InChI=1S/C15H15BrN2O2/c16-7-9-20-14-6-2-1-5-13(14)15(19)18-11-12-4-3-8-17-10-12/h1-6,8,10H,7,9,11H2,(H,18,19). The molecule has 0 unspecified atom stereocenters. The Morgan fingerprint density at radius 1 is 1.25 bits per heavy atom. The van der Waals surface area contributed by atoms with Crippen LogP contribution in [0.5, 0.6) is 5.75 Å². The summed E-state index contributed by atoms with van der Waals surface area (Å²) in [6.07, 6.45) is 3.43. The highest BCUT2D eigenvalue weighted by Crippen LogP contribution is 2.18. The van der Waals surface area contributed by atoms with Crippen molar-refractivity contribution >= 4 is 21.8 Å². The van der Waals surface area contributed by atoms with Crippen LogP contribution in [-0.4, -0.2) is 22.8 Å². The number of alkyl halides is 1. The highest BCUT2D eigenvalue weighted by molar-refractivity contribution is 9.09. The summed E-state index contributed by atoms with van der Waals surface area (Å²) in [6, 6.07) is 11.0. The number of para-hydroxylation sites is 1. The molecule has 0 radical (unpaired) electrons. The summed E-state index contributed by atoms with van der Waals surface area (Å²) in [5, 5.41) is 3.58. The van der Waals surface area contributed by atoms with Gasteiger partial charge < -0.3 is 10.1 Å². The number of ether oxygens (including phenoxy) is 1. The van der Waals surface area contributed by atoms with Crippen LogP contribution in [0.1, 0.15) is 15.9 Å². The minimum Gasteiger partial charge on any atom is -0.492 e. The molecule has 1 N–H and O–H groups in total. The van der Waals surface area contributed by atoms with Crippen LogP contribution in [0, 0.1) is 0 Å². The fraction of sp³-hybridized carbons (Fsp3) is 0.200. The topological polar surface area (TPSA) is 51.2 Å². The molecule has 0 atom stereocenters. The van der Waals surface area contributed by atoms with Crippen molar-refractivity contribution in [1.29, 1.82) is 0 Å². The van der Waals surface area contributed by atoms with E-state index < -0.39 is 0 Å². The number of amides is 1. The van der Waals surface area contributed by atoms with Crippen molar-refractivity contribution in [1.82, 2.24) is 10.3 Å². The smallest absolute Gasteiger partial charge is 0.255 e. The van der Waals surface area contributed by atoms with Crippen molar-refractivity contribution in [3.8, 4) is 5.75 Å². The minimum atomic E-state index is -0.154. The molecule has 0 saturated heterocycles. The molecule has 0 aliphatic carbocycles. The molecule has 4 nitrogen and oxygen atoms in total. The van der Waals surface area contributed by atoms with Gasteiger partial charge in [0, 0.05) is 24.3 Å². The molecule has 0 aliphatic heterocycles. The fourth-order valence-electron chi connectivity index (χ4n) is 1.71. The Kier molecular flexibility index (Phi) is 5.55. The number of pyridine rings is 1. The third kappa shape index (κ3) is 4.06. The molecule has 2 aromatic rings. The SMILES string of the molecule is O=C(NCc1cccnc1)c1ccccc1OCCBr. The Hall–Kier alpha value is -1.88. The molecule has 0 saturated carbocycles. The predicted octanol–water partition coefficient (Wildman–Crippen LogP) is 2.79. The average molecular weight is 335 g/mol. The van der Waals surface area contributed by atoms with E-state index in [9.17, 15) is 4.79 Å². The quantitative estimate of drug-likeness (QED) is 0.826. The van der Waals surface area contributed by atoms with Gasteiger partial charge >= 0.3 is 0 Å². The summed E-state index contributed by atoms with van der Waals surface area (Å²) in [7, 11) is 0. The van der Waals surface area contributed by atoms with E-state index in [1.807, 2.05) is 24.3 Å². The van der Waals surface area contributed by atoms with Crippen LogP contribution in [0.3, 0.4) is 0 Å². The summed E-state index contributed by atoms with van der Waals surface area (Å²) >= 11 is 3.30. The number of carbonyl (C=O) groups excluding carboxylic acids is 1. The number of nitrogens with zero attached hydrogens (tertiary/aromatic N) is 1. The average Bonchev–Trinajstić information content (AvgIpc) is 2.52. The van der Waals surface area contributed by atoms with Crippen molar-refractivity contribution < 1.29 is 9.53 Å². The van der Waals surface area contributed by atoms with Crippen LogP contribution in [-0.2, 0) is 6.54 Å². The fourth-order valence-corrected chi connectivity index (χ4v) is 1.87. The van der Waals surface area contributed by atoms with E-state index in [-0.39, 0.29) is 5.91 Å². The van der Waals surface area contributed by atoms with Gasteiger partial charge in [-0.05, 0) is 23.8 Å². The van der Waals surface area contributed by atoms with E-state index in [0.717, 1.165) is 10.9 Å². The Labute approximate surface area is 126 Å². The first-order chi connectivity index (χ1) is 9.81. The van der Waals surface area contributed by atoms with Crippen LogP contribution >= 0.6 is 15.9 Å². The molecule has 0 spiro atoms. The van der Waals surface area contributed by atoms with Gasteiger partial charge in [0.15, 0.2) is 0 Å². The second-order valence-corrected chi connectivity index (χ2v) is 4.87. The second-order valence-electron chi connectivity index (χ2n) is 4.08. The molecule has 1 aromatic carbocycles. The van der Waals surface area contributed by atoms with Crippen LogP contribution < -0.4 is 10.1 Å². The van der Waals surface area contributed by atoms with Crippen molar-refractivity contribution in [3.05, 3.63) is 59.9 Å². The Morgan fingerprint density at radius 2 is 2.10 bits per heavy atom. The number of carbonyl (C=O) groups is 1. The van der Waals surface area contributed by atoms with Crippen molar-refractivity contribution in [3.63, 3.8) is 0 Å². The van der Waals surface area contributed by atoms with Gasteiger partial charge in [0.2, 0.25) is 0 Å². The predicted molar refractivity (Wildman–Crippen MR) is 81.1 cm³/mol. The number of halogens is 1. The molecular weight excluding hydrogens is 320 g/mol. The van der Waals surface area contributed by atoms with E-state index in [1.54, 1.807) is 24.5 Å². The first-order valence-corrected chi connectivity index (χ1v) is 7.38. The molecule has 0 fully saturated rings. The summed E-state index contributed by atoms with van der Waals surface area (Å²) in [4.78, 5) is 16.2. The molecule has 0 bridgehead atoms. The number of benzene rings is 1. The van der Waals surface area contributed by atoms with E-state index in [4.69, 9.17) is 4.74 Å². The molecule has 2 rings (SSSR count). The Balaban J connectivity index is 2.01. The molecule has 104 valence electrons. The lowest BCUT2D eigenvalue weighted by Gasteiger charge is -2.10. The van der Waals surface area contributed by atoms with E-state index in [2.05, 4.69) is 26.2 Å². The molecule has 1 aromatic heterocycles. The summed E-state index contributed by atoms with van der Waals surface area (Å²) in [5.41, 5.74) is 1.50. The molecular formula is C15H15BrN2O2. The summed E-state index contributed by atoms with van der Waals surface area (Å²) in [5.74, 6) is 0.440. The molecule has 1 heterocycles. The number of hydrogen-bond donors (Lipinski definition) is 1. The number of rotatable bonds is 6. The third-order valence-corrected chi connectivity index (χ3v) is 2.97. The lowest BCUT2D eigenvalue weighted by molar-refractivity contribution is 0.0947. The molecule has 5 heteroatoms. The first-order valence-electron chi connectivity index (χ1n) is 6.26. The molecule has 20 heavy (non-hydrogen) atoms. The maximum absolute atomic E-state index is 12.2. The van der Waals surface area contributed by atoms with Gasteiger partial charge in [-0.1, -0.05) is 34.1 Å². The maximum Gasteiger partial charge on any atom is 0.255 e. The van der Waals surface area contributed by atoms with E-state index >= 15 is 0 Å². The monoisotopic (exact) mass is 334 g/mol. The number of aromatic nitrogens is 1. The zero-order valence-electron chi connectivity index (χ0n) is 10.9. The zero-order valence-corrected chi connectivity index (χ0v) is 12.5. The highest BCUT2D eigenvalue weighted by atomic mass is 79.9. The van der Waals surface area contributed by atoms with Gasteiger partial charge in [-0.15, -0.1) is 0 Å². The van der Waals surface area contributed by atoms with E-state index in [1.165, 1.54) is 0 Å². The zero-order chi connectivity index (χ0) is 14.2. The largest absolute Gasteiger partial charge is 0.492 e. The van der Waals surface area contributed by atoms with Crippen LogP contribution in [0.2, 0.25) is 0 Å². The first kappa shape index (κ1) is 14.5. The normalized spacial score (nSPS) is 10.1. The number of hydrogen-bond acceptors (Lipinski definition) is 3. The molecule has 0 aliphatic rings. The Morgan fingerprint density at radius 3 is 2.85 bits per heavy atom. The Bertz CT molecular complexity index is 561. The van der Waals surface area contributed by atoms with Crippen molar-refractivity contribution in [2.24, 2.45) is 0 Å². The van der Waals surface area contributed by atoms with Gasteiger partial charge in [0.25, 0.3) is 5.91 Å². The molecule has 1 amide bonds. The number of nitrogens with one attached hydrogen (secondary N) is 1. The van der Waals surface area contributed by atoms with Crippen LogP contribution in [0.4, 0.5) is 0 Å². The van der Waals surface area contributed by atoms with Crippen molar-refractivity contribution in [2.75, 3.05) is 11.9 Å². The minimum absolute atomic E-state index is 0.154. The van der Waals surface area contributed by atoms with E-state index in [0.29, 0.717) is 24.5 Å². The maximum atomic E-state index is 12.2. The van der Waals surface area contributed by atoms with Gasteiger partial charge in [-0.3, -0.25) is 9.78 Å². The summed E-state index contributed by atoms with van der Waals surface area (Å²) in [6.45, 7) is 0.965. The lowest BCUT2D eigenvalue weighted by Crippen LogP contribution is -2.23. The second kappa shape index (κ2) is 7.65.